The second kappa shape index (κ2) is 4.96. The highest BCUT2D eigenvalue weighted by Crippen LogP contribution is 2.31. The van der Waals surface area contributed by atoms with Gasteiger partial charge in [-0.05, 0) is 38.2 Å². The summed E-state index contributed by atoms with van der Waals surface area (Å²) in [5, 5.41) is 11.9. The minimum Gasteiger partial charge on any atom is -0.493 e. The Kier molecular flexibility index (Phi) is 3.27. The first kappa shape index (κ1) is 13.2. The number of nitrogens with zero attached hydrogens (tertiary/aromatic N) is 3. The quantitative estimate of drug-likeness (QED) is 0.867. The molecule has 4 nitrogen and oxygen atoms in total. The van der Waals surface area contributed by atoms with E-state index in [2.05, 4.69) is 9.98 Å². The van der Waals surface area contributed by atoms with E-state index >= 15 is 0 Å². The summed E-state index contributed by atoms with van der Waals surface area (Å²) in [5.74, 6) is 0.775. The SMILES string of the molecule is CC(C)n1c(O)c(C=C2N=c3ccccc3=N2)sc1=S. The Morgan fingerprint density at radius 3 is 2.35 bits per heavy atom. The van der Waals surface area contributed by atoms with Gasteiger partial charge in [0, 0.05) is 12.1 Å². The number of fused-ring (bicyclic) bond motifs is 1. The number of hydrogen-bond acceptors (Lipinski definition) is 5. The summed E-state index contributed by atoms with van der Waals surface area (Å²) >= 11 is 6.64. The molecule has 1 aromatic carbocycles. The lowest BCUT2D eigenvalue weighted by atomic mass is 10.3. The highest BCUT2D eigenvalue weighted by Gasteiger charge is 2.13. The van der Waals surface area contributed by atoms with Crippen LogP contribution in [0.3, 0.4) is 0 Å². The van der Waals surface area contributed by atoms with Crippen molar-refractivity contribution in [1.82, 2.24) is 4.57 Å². The van der Waals surface area contributed by atoms with Crippen molar-refractivity contribution in [3.8, 4) is 5.88 Å². The fourth-order valence-corrected chi connectivity index (χ4v) is 3.55. The largest absolute Gasteiger partial charge is 0.493 e. The van der Waals surface area contributed by atoms with Crippen LogP contribution in [0.5, 0.6) is 5.88 Å². The standard InChI is InChI=1S/C14H13N3OS2/c1-8(2)17-13(18)11(20-14(17)19)7-12-15-9-5-3-4-6-10(9)16-12/h3-8,18H,1-2H3. The summed E-state index contributed by atoms with van der Waals surface area (Å²) < 4.78 is 2.38. The van der Waals surface area contributed by atoms with Crippen LogP contribution in [0, 0.1) is 3.95 Å². The first-order valence-corrected chi connectivity index (χ1v) is 7.47. The zero-order valence-electron chi connectivity index (χ0n) is 11.1. The van der Waals surface area contributed by atoms with Crippen LogP contribution in [0.25, 0.3) is 6.08 Å². The Balaban J connectivity index is 2.10. The van der Waals surface area contributed by atoms with Gasteiger partial charge in [0.2, 0.25) is 5.88 Å². The van der Waals surface area contributed by atoms with Crippen LogP contribution in [0.2, 0.25) is 0 Å². The first-order chi connectivity index (χ1) is 9.56. The van der Waals surface area contributed by atoms with Crippen LogP contribution >= 0.6 is 23.6 Å². The Morgan fingerprint density at radius 2 is 1.85 bits per heavy atom. The van der Waals surface area contributed by atoms with Gasteiger partial charge in [-0.1, -0.05) is 12.1 Å². The first-order valence-electron chi connectivity index (χ1n) is 6.25. The average molecular weight is 303 g/mol. The fraction of sp³-hybridized carbons (Fsp3) is 0.214. The van der Waals surface area contributed by atoms with Gasteiger partial charge in [0.05, 0.1) is 15.6 Å². The summed E-state index contributed by atoms with van der Waals surface area (Å²) in [4.78, 5) is 9.53. The van der Waals surface area contributed by atoms with Crippen molar-refractivity contribution in [2.45, 2.75) is 19.9 Å². The zero-order chi connectivity index (χ0) is 14.3. The summed E-state index contributed by atoms with van der Waals surface area (Å²) in [7, 11) is 0. The average Bonchev–Trinajstić information content (AvgIpc) is 2.90. The van der Waals surface area contributed by atoms with Gasteiger partial charge < -0.3 is 5.11 Å². The van der Waals surface area contributed by atoms with Crippen LogP contribution in [0.15, 0.2) is 40.1 Å². The fourth-order valence-electron chi connectivity index (χ4n) is 2.05. The molecule has 0 amide bonds. The number of hydrogen-bond donors (Lipinski definition) is 1. The number of thiazole rings is 1. The molecule has 0 spiro atoms. The number of benzene rings is 1. The van der Waals surface area contributed by atoms with Crippen molar-refractivity contribution in [2.24, 2.45) is 9.98 Å². The highest BCUT2D eigenvalue weighted by atomic mass is 32.1. The molecule has 0 unspecified atom stereocenters. The monoisotopic (exact) mass is 303 g/mol. The predicted octanol–water partition coefficient (Wildman–Crippen LogP) is 2.82. The second-order valence-electron chi connectivity index (χ2n) is 4.73. The maximum atomic E-state index is 10.2. The Morgan fingerprint density at radius 1 is 1.25 bits per heavy atom. The van der Waals surface area contributed by atoms with E-state index in [1.165, 1.54) is 11.3 Å². The molecule has 1 N–H and O–H groups in total. The van der Waals surface area contributed by atoms with Crippen molar-refractivity contribution in [3.05, 3.63) is 49.6 Å². The van der Waals surface area contributed by atoms with Crippen LogP contribution in [-0.4, -0.2) is 9.67 Å². The van der Waals surface area contributed by atoms with Crippen LogP contribution in [0.1, 0.15) is 24.8 Å². The molecule has 3 rings (SSSR count). The molecule has 102 valence electrons. The summed E-state index contributed by atoms with van der Waals surface area (Å²) in [6.07, 6.45) is 1.77. The van der Waals surface area contributed by atoms with Gasteiger partial charge in [0.1, 0.15) is 0 Å². The van der Waals surface area contributed by atoms with Crippen molar-refractivity contribution < 1.29 is 5.11 Å². The summed E-state index contributed by atoms with van der Waals surface area (Å²) in [6.45, 7) is 3.97. The molecule has 2 aromatic rings. The molecule has 0 aliphatic carbocycles. The number of para-hydroxylation sites is 2. The molecule has 0 atom stereocenters. The van der Waals surface area contributed by atoms with Gasteiger partial charge in [-0.2, -0.15) is 0 Å². The maximum absolute atomic E-state index is 10.2. The Hall–Kier alpha value is -1.79. The lowest BCUT2D eigenvalue weighted by Gasteiger charge is -2.07. The second-order valence-corrected chi connectivity index (χ2v) is 6.41. The third-order valence-electron chi connectivity index (χ3n) is 2.97. The van der Waals surface area contributed by atoms with Crippen LogP contribution in [0.4, 0.5) is 0 Å². The Bertz CT molecular complexity index is 838. The van der Waals surface area contributed by atoms with Crippen molar-refractivity contribution in [1.29, 1.82) is 0 Å². The van der Waals surface area contributed by atoms with Crippen LogP contribution in [-0.2, 0) is 0 Å². The van der Waals surface area contributed by atoms with E-state index in [-0.39, 0.29) is 11.9 Å². The third kappa shape index (κ3) is 2.21. The molecular weight excluding hydrogens is 290 g/mol. The van der Waals surface area contributed by atoms with E-state index in [4.69, 9.17) is 12.2 Å². The van der Waals surface area contributed by atoms with Crippen molar-refractivity contribution >= 4 is 29.6 Å². The van der Waals surface area contributed by atoms with Crippen molar-refractivity contribution in [2.75, 3.05) is 0 Å². The molecule has 2 heterocycles. The van der Waals surface area contributed by atoms with E-state index in [0.717, 1.165) is 10.7 Å². The topological polar surface area (TPSA) is 49.9 Å². The lowest BCUT2D eigenvalue weighted by Crippen LogP contribution is -2.19. The normalized spacial score (nSPS) is 13.1. The highest BCUT2D eigenvalue weighted by molar-refractivity contribution is 7.73. The van der Waals surface area contributed by atoms with E-state index in [0.29, 0.717) is 14.7 Å². The molecule has 1 aliphatic heterocycles. The minimum atomic E-state index is 0.126. The van der Waals surface area contributed by atoms with E-state index in [9.17, 15) is 5.11 Å². The van der Waals surface area contributed by atoms with E-state index in [1.54, 1.807) is 10.6 Å². The maximum Gasteiger partial charge on any atom is 0.211 e. The third-order valence-corrected chi connectivity index (χ3v) is 4.31. The number of aromatic nitrogens is 1. The molecule has 1 aromatic heterocycles. The molecule has 0 fully saturated rings. The molecule has 0 radical (unpaired) electrons. The number of rotatable bonds is 2. The van der Waals surface area contributed by atoms with Crippen LogP contribution < -0.4 is 10.7 Å². The van der Waals surface area contributed by atoms with Crippen molar-refractivity contribution in [3.63, 3.8) is 0 Å². The molecule has 6 heteroatoms. The smallest absolute Gasteiger partial charge is 0.211 e. The molecule has 1 aliphatic rings. The number of aromatic hydroxyl groups is 1. The van der Waals surface area contributed by atoms with Gasteiger partial charge in [0.15, 0.2) is 9.78 Å². The van der Waals surface area contributed by atoms with Gasteiger partial charge >= 0.3 is 0 Å². The molecule has 0 saturated carbocycles. The molecule has 20 heavy (non-hydrogen) atoms. The molecular formula is C14H13N3OS2. The van der Waals surface area contributed by atoms with Gasteiger partial charge in [-0.3, -0.25) is 4.57 Å². The minimum absolute atomic E-state index is 0.126. The predicted molar refractivity (Wildman–Crippen MR) is 81.9 cm³/mol. The van der Waals surface area contributed by atoms with Gasteiger partial charge in [-0.15, -0.1) is 11.3 Å². The molecule has 0 saturated heterocycles. The van der Waals surface area contributed by atoms with Gasteiger partial charge in [-0.25, -0.2) is 9.98 Å². The Labute approximate surface area is 125 Å². The molecule has 0 bridgehead atoms. The van der Waals surface area contributed by atoms with E-state index in [1.807, 2.05) is 38.1 Å². The summed E-state index contributed by atoms with van der Waals surface area (Å²) in [6, 6.07) is 7.82. The van der Waals surface area contributed by atoms with Gasteiger partial charge in [0.25, 0.3) is 0 Å². The summed E-state index contributed by atoms with van der Waals surface area (Å²) in [5.41, 5.74) is 0. The van der Waals surface area contributed by atoms with E-state index < -0.39 is 0 Å². The zero-order valence-corrected chi connectivity index (χ0v) is 12.7. The lowest BCUT2D eigenvalue weighted by molar-refractivity contribution is 0.397.